The van der Waals surface area contributed by atoms with Crippen LogP contribution >= 0.6 is 0 Å². The van der Waals surface area contributed by atoms with Crippen molar-refractivity contribution in [1.29, 1.82) is 0 Å². The van der Waals surface area contributed by atoms with E-state index in [9.17, 15) is 0 Å². The number of hydrogen-bond donors (Lipinski definition) is 0. The highest BCUT2D eigenvalue weighted by atomic mass is 14.2. The van der Waals surface area contributed by atoms with Gasteiger partial charge in [-0.25, -0.2) is 0 Å². The molecule has 0 spiro atoms. The maximum absolute atomic E-state index is 2.41. The van der Waals surface area contributed by atoms with Gasteiger partial charge in [-0.1, -0.05) is 204 Å². The zero-order valence-corrected chi connectivity index (χ0v) is 28.0. The molecular formula is C42H66. The molecule has 0 radical (unpaired) electrons. The Hall–Kier alpha value is -1.82. The van der Waals surface area contributed by atoms with Crippen LogP contribution in [0.2, 0.25) is 0 Å². The molecule has 0 atom stereocenters. The topological polar surface area (TPSA) is 0 Å². The van der Waals surface area contributed by atoms with Gasteiger partial charge in [-0.3, -0.25) is 0 Å². The van der Waals surface area contributed by atoms with Crippen molar-refractivity contribution in [2.45, 2.75) is 181 Å². The van der Waals surface area contributed by atoms with E-state index in [4.69, 9.17) is 0 Å². The molecule has 0 N–H and O–H groups in total. The number of fused-ring (bicyclic) bond motifs is 3. The van der Waals surface area contributed by atoms with E-state index in [1.165, 1.54) is 188 Å². The van der Waals surface area contributed by atoms with Gasteiger partial charge in [0.15, 0.2) is 0 Å². The largest absolute Gasteiger partial charge is 0.0654 e. The fourth-order valence-corrected chi connectivity index (χ4v) is 7.14. The lowest BCUT2D eigenvalue weighted by Crippen LogP contribution is -2.00. The van der Waals surface area contributed by atoms with Crippen LogP contribution < -0.4 is 0 Å². The second kappa shape index (κ2) is 22.7. The third-order valence-corrected chi connectivity index (χ3v) is 9.72. The molecule has 0 heterocycles. The molecule has 0 aliphatic heterocycles. The maximum atomic E-state index is 2.41. The van der Waals surface area contributed by atoms with Crippen LogP contribution in [0.1, 0.15) is 179 Å². The molecule has 3 rings (SSSR count). The summed E-state index contributed by atoms with van der Waals surface area (Å²) < 4.78 is 0. The fourth-order valence-electron chi connectivity index (χ4n) is 7.14. The summed E-state index contributed by atoms with van der Waals surface area (Å²) in [6.07, 6.45) is 36.6. The van der Waals surface area contributed by atoms with E-state index in [2.05, 4.69) is 62.4 Å². The molecule has 0 heteroatoms. The first-order valence-corrected chi connectivity index (χ1v) is 18.8. The molecule has 0 aliphatic carbocycles. The van der Waals surface area contributed by atoms with Crippen LogP contribution in [0.5, 0.6) is 0 Å². The highest BCUT2D eigenvalue weighted by molar-refractivity contribution is 6.10. The van der Waals surface area contributed by atoms with E-state index in [-0.39, 0.29) is 0 Å². The summed E-state index contributed by atoms with van der Waals surface area (Å²) in [4.78, 5) is 0. The van der Waals surface area contributed by atoms with Crippen molar-refractivity contribution in [2.24, 2.45) is 0 Å². The number of aryl methyl sites for hydroxylation is 2. The van der Waals surface area contributed by atoms with Gasteiger partial charge in [0, 0.05) is 0 Å². The lowest BCUT2D eigenvalue weighted by atomic mass is 9.86. The van der Waals surface area contributed by atoms with Gasteiger partial charge in [-0.05, 0) is 58.4 Å². The molecule has 42 heavy (non-hydrogen) atoms. The van der Waals surface area contributed by atoms with E-state index in [0.717, 1.165) is 0 Å². The molecular weight excluding hydrogens is 504 g/mol. The van der Waals surface area contributed by atoms with Crippen LogP contribution in [-0.4, -0.2) is 0 Å². The summed E-state index contributed by atoms with van der Waals surface area (Å²) in [7, 11) is 0. The summed E-state index contributed by atoms with van der Waals surface area (Å²) in [6, 6.07) is 18.5. The van der Waals surface area contributed by atoms with E-state index in [0.29, 0.717) is 0 Å². The first-order valence-electron chi connectivity index (χ1n) is 18.8. The molecule has 234 valence electrons. The predicted octanol–water partition coefficient (Wildman–Crippen LogP) is 14.5. The van der Waals surface area contributed by atoms with Gasteiger partial charge in [0.2, 0.25) is 0 Å². The quantitative estimate of drug-likeness (QED) is 0.0665. The van der Waals surface area contributed by atoms with Crippen molar-refractivity contribution in [3.63, 3.8) is 0 Å². The number of benzene rings is 3. The molecule has 0 unspecified atom stereocenters. The van der Waals surface area contributed by atoms with E-state index >= 15 is 0 Å². The van der Waals surface area contributed by atoms with E-state index < -0.39 is 0 Å². The van der Waals surface area contributed by atoms with Gasteiger partial charge in [0.25, 0.3) is 0 Å². The van der Waals surface area contributed by atoms with Crippen LogP contribution in [-0.2, 0) is 12.8 Å². The SMILES string of the molecule is CCCCCCCCCCCCCCc1c(CCCCCCCCCCCCCC)c2ccccc2c2ccccc12. The lowest BCUT2D eigenvalue weighted by Gasteiger charge is -2.18. The lowest BCUT2D eigenvalue weighted by molar-refractivity contribution is 0.542. The zero-order valence-electron chi connectivity index (χ0n) is 28.0. The Morgan fingerprint density at radius 1 is 0.286 bits per heavy atom. The first kappa shape index (κ1) is 34.7. The smallest absolute Gasteiger partial charge is 0.0102 e. The Morgan fingerprint density at radius 3 is 0.810 bits per heavy atom. The normalized spacial score (nSPS) is 11.7. The van der Waals surface area contributed by atoms with Crippen molar-refractivity contribution < 1.29 is 0 Å². The first-order chi connectivity index (χ1) is 20.9. The molecule has 0 nitrogen and oxygen atoms in total. The monoisotopic (exact) mass is 571 g/mol. The maximum Gasteiger partial charge on any atom is -0.0102 e. The summed E-state index contributed by atoms with van der Waals surface area (Å²) in [5.41, 5.74) is 3.33. The fraction of sp³-hybridized carbons (Fsp3) is 0.667. The van der Waals surface area contributed by atoms with Gasteiger partial charge in [-0.2, -0.15) is 0 Å². The van der Waals surface area contributed by atoms with Gasteiger partial charge in [0.1, 0.15) is 0 Å². The van der Waals surface area contributed by atoms with Crippen LogP contribution in [0, 0.1) is 0 Å². The van der Waals surface area contributed by atoms with Crippen LogP contribution in [0.3, 0.4) is 0 Å². The number of rotatable bonds is 26. The Labute approximate surface area is 261 Å². The van der Waals surface area contributed by atoms with Gasteiger partial charge >= 0.3 is 0 Å². The van der Waals surface area contributed by atoms with Crippen molar-refractivity contribution in [2.75, 3.05) is 0 Å². The Kier molecular flexibility index (Phi) is 18.7. The standard InChI is InChI=1S/C42H66/c1-3-5-7-9-11-13-15-17-19-21-23-25-31-37-38(32-26-24-22-20-18-16-14-12-10-8-6-4-2)40-34-28-30-36-42(40)41-35-29-27-33-39(37)41/h27-30,33-36H,3-26,31-32H2,1-2H3. The minimum atomic E-state index is 1.25. The number of hydrogen-bond acceptors (Lipinski definition) is 0. The summed E-state index contributed by atoms with van der Waals surface area (Å²) in [6.45, 7) is 4.62. The zero-order chi connectivity index (χ0) is 29.5. The average molecular weight is 571 g/mol. The highest BCUT2D eigenvalue weighted by Gasteiger charge is 2.14. The molecule has 0 aliphatic rings. The molecule has 3 aromatic carbocycles. The van der Waals surface area contributed by atoms with Gasteiger partial charge in [-0.15, -0.1) is 0 Å². The van der Waals surface area contributed by atoms with Gasteiger partial charge < -0.3 is 0 Å². The minimum absolute atomic E-state index is 1.25. The molecule has 0 aromatic heterocycles. The van der Waals surface area contributed by atoms with Crippen molar-refractivity contribution >= 4 is 21.5 Å². The summed E-state index contributed by atoms with van der Waals surface area (Å²) in [5, 5.41) is 5.96. The Balaban J connectivity index is 1.46. The molecule has 0 saturated heterocycles. The van der Waals surface area contributed by atoms with Crippen molar-refractivity contribution in [3.05, 3.63) is 59.7 Å². The minimum Gasteiger partial charge on any atom is -0.0654 e. The number of unbranched alkanes of at least 4 members (excludes halogenated alkanes) is 22. The van der Waals surface area contributed by atoms with Crippen LogP contribution in [0.15, 0.2) is 48.5 Å². The summed E-state index contributed by atoms with van der Waals surface area (Å²) >= 11 is 0. The average Bonchev–Trinajstić information content (AvgIpc) is 3.02. The van der Waals surface area contributed by atoms with Gasteiger partial charge in [0.05, 0.1) is 0 Å². The second-order valence-electron chi connectivity index (χ2n) is 13.3. The predicted molar refractivity (Wildman–Crippen MR) is 191 cm³/mol. The van der Waals surface area contributed by atoms with Crippen LogP contribution in [0.25, 0.3) is 21.5 Å². The third-order valence-electron chi connectivity index (χ3n) is 9.72. The Bertz CT molecular complexity index is 989. The molecule has 3 aromatic rings. The molecule has 0 fully saturated rings. The van der Waals surface area contributed by atoms with Crippen molar-refractivity contribution in [3.8, 4) is 0 Å². The second-order valence-corrected chi connectivity index (χ2v) is 13.3. The van der Waals surface area contributed by atoms with E-state index in [1.54, 1.807) is 11.1 Å². The molecule has 0 amide bonds. The molecule has 0 bridgehead atoms. The van der Waals surface area contributed by atoms with E-state index in [1.807, 2.05) is 0 Å². The summed E-state index contributed by atoms with van der Waals surface area (Å²) in [5.74, 6) is 0. The van der Waals surface area contributed by atoms with Crippen LogP contribution in [0.4, 0.5) is 0 Å². The highest BCUT2D eigenvalue weighted by Crippen LogP contribution is 2.35. The van der Waals surface area contributed by atoms with Crippen molar-refractivity contribution in [1.82, 2.24) is 0 Å². The molecule has 0 saturated carbocycles. The Morgan fingerprint density at radius 2 is 0.524 bits per heavy atom. The third kappa shape index (κ3) is 12.8.